The summed E-state index contributed by atoms with van der Waals surface area (Å²) in [6.45, 7) is 7.44. The zero-order valence-electron chi connectivity index (χ0n) is 15.9. The molecule has 7 heteroatoms. The molecule has 1 N–H and O–H groups in total. The molecule has 0 bridgehead atoms. The van der Waals surface area contributed by atoms with Gasteiger partial charge in [0.15, 0.2) is 11.5 Å². The lowest BCUT2D eigenvalue weighted by Gasteiger charge is -2.35. The standard InChI is InChI=1S/C20H27N3O4/c1-13-7-14(2)11-22(10-13)20(25)21-15-8-19(24)23(12-15)16-3-4-17-18(9-16)27-6-5-26-17/h3-4,9,13-15H,5-8,10-12H2,1-2H3,(H,21,25)/t13-,14-,15+/m0/s1. The summed E-state index contributed by atoms with van der Waals surface area (Å²) in [6.07, 6.45) is 1.47. The summed E-state index contributed by atoms with van der Waals surface area (Å²) in [4.78, 5) is 28.7. The quantitative estimate of drug-likeness (QED) is 0.863. The number of nitrogens with one attached hydrogen (secondary N) is 1. The topological polar surface area (TPSA) is 71.1 Å². The minimum Gasteiger partial charge on any atom is -0.486 e. The van der Waals surface area contributed by atoms with E-state index in [2.05, 4.69) is 19.2 Å². The van der Waals surface area contributed by atoms with Crippen molar-refractivity contribution in [2.24, 2.45) is 11.8 Å². The fourth-order valence-corrected chi connectivity index (χ4v) is 4.35. The van der Waals surface area contributed by atoms with E-state index in [1.165, 1.54) is 0 Å². The number of urea groups is 1. The van der Waals surface area contributed by atoms with Crippen LogP contribution in [0.3, 0.4) is 0 Å². The summed E-state index contributed by atoms with van der Waals surface area (Å²) in [7, 11) is 0. The average molecular weight is 373 g/mol. The normalized spacial score (nSPS) is 27.6. The van der Waals surface area contributed by atoms with Crippen LogP contribution in [0.4, 0.5) is 10.5 Å². The average Bonchev–Trinajstić information content (AvgIpc) is 3.00. The number of carbonyl (C=O) groups excluding carboxylic acids is 2. The van der Waals surface area contributed by atoms with Crippen LogP contribution in [0.15, 0.2) is 18.2 Å². The van der Waals surface area contributed by atoms with Crippen molar-refractivity contribution in [2.75, 3.05) is 37.7 Å². The highest BCUT2D eigenvalue weighted by atomic mass is 16.6. The monoisotopic (exact) mass is 373 g/mol. The fraction of sp³-hybridized carbons (Fsp3) is 0.600. The Hall–Kier alpha value is -2.44. The van der Waals surface area contributed by atoms with Crippen molar-refractivity contribution in [1.29, 1.82) is 0 Å². The lowest BCUT2D eigenvalue weighted by atomic mass is 9.92. The molecule has 3 aliphatic rings. The second-order valence-electron chi connectivity index (χ2n) is 8.03. The van der Waals surface area contributed by atoms with E-state index in [1.807, 2.05) is 23.1 Å². The third-order valence-corrected chi connectivity index (χ3v) is 5.45. The number of carbonyl (C=O) groups is 2. The Balaban J connectivity index is 1.40. The van der Waals surface area contributed by atoms with Gasteiger partial charge in [-0.25, -0.2) is 4.79 Å². The molecule has 1 aromatic carbocycles. The molecule has 146 valence electrons. The number of hydrogen-bond donors (Lipinski definition) is 1. The van der Waals surface area contributed by atoms with Crippen LogP contribution in [0.25, 0.3) is 0 Å². The van der Waals surface area contributed by atoms with Gasteiger partial charge in [-0.2, -0.15) is 0 Å². The van der Waals surface area contributed by atoms with Gasteiger partial charge >= 0.3 is 6.03 Å². The fourth-order valence-electron chi connectivity index (χ4n) is 4.35. The van der Waals surface area contributed by atoms with Gasteiger partial charge in [0.1, 0.15) is 13.2 Å². The van der Waals surface area contributed by atoms with E-state index in [9.17, 15) is 9.59 Å². The molecular weight excluding hydrogens is 346 g/mol. The second kappa shape index (κ2) is 7.29. The van der Waals surface area contributed by atoms with Crippen molar-refractivity contribution in [1.82, 2.24) is 10.2 Å². The Bertz CT molecular complexity index is 728. The smallest absolute Gasteiger partial charge is 0.317 e. The van der Waals surface area contributed by atoms with Crippen molar-refractivity contribution < 1.29 is 19.1 Å². The van der Waals surface area contributed by atoms with Crippen LogP contribution in [0.1, 0.15) is 26.7 Å². The van der Waals surface area contributed by atoms with Gasteiger partial charge in [0.2, 0.25) is 5.91 Å². The SMILES string of the molecule is C[C@H]1C[C@H](C)CN(C(=O)N[C@@H]2CC(=O)N(c3ccc4c(c3)OCCO4)C2)C1. The molecule has 3 amide bonds. The van der Waals surface area contributed by atoms with E-state index in [1.54, 1.807) is 4.90 Å². The number of piperidine rings is 1. The summed E-state index contributed by atoms with van der Waals surface area (Å²) in [5, 5.41) is 3.05. The molecule has 0 unspecified atom stereocenters. The molecule has 7 nitrogen and oxygen atoms in total. The van der Waals surface area contributed by atoms with Crippen LogP contribution in [0.5, 0.6) is 11.5 Å². The van der Waals surface area contributed by atoms with Gasteiger partial charge in [0.25, 0.3) is 0 Å². The summed E-state index contributed by atoms with van der Waals surface area (Å²) >= 11 is 0. The Morgan fingerprint density at radius 3 is 2.52 bits per heavy atom. The van der Waals surface area contributed by atoms with Crippen LogP contribution in [0.2, 0.25) is 0 Å². The maximum Gasteiger partial charge on any atom is 0.317 e. The molecule has 0 radical (unpaired) electrons. The van der Waals surface area contributed by atoms with Gasteiger partial charge in [-0.05, 0) is 30.4 Å². The molecule has 1 aromatic rings. The van der Waals surface area contributed by atoms with E-state index in [0.29, 0.717) is 49.5 Å². The lowest BCUT2D eigenvalue weighted by Crippen LogP contribution is -2.50. The molecular formula is C20H27N3O4. The first-order chi connectivity index (χ1) is 13.0. The van der Waals surface area contributed by atoms with Crippen LogP contribution >= 0.6 is 0 Å². The third-order valence-electron chi connectivity index (χ3n) is 5.45. The number of amides is 3. The Morgan fingerprint density at radius 1 is 1.07 bits per heavy atom. The van der Waals surface area contributed by atoms with Crippen LogP contribution in [-0.2, 0) is 4.79 Å². The number of nitrogens with zero attached hydrogens (tertiary/aromatic N) is 2. The van der Waals surface area contributed by atoms with Crippen molar-refractivity contribution in [2.45, 2.75) is 32.7 Å². The summed E-state index contributed by atoms with van der Waals surface area (Å²) in [5.41, 5.74) is 0.779. The predicted molar refractivity (Wildman–Crippen MR) is 101 cm³/mol. The Labute approximate surface area is 159 Å². The number of anilines is 1. The molecule has 0 aliphatic carbocycles. The first-order valence-electron chi connectivity index (χ1n) is 9.75. The number of fused-ring (bicyclic) bond motifs is 1. The molecule has 0 spiro atoms. The van der Waals surface area contributed by atoms with Gasteiger partial charge in [-0.1, -0.05) is 13.8 Å². The summed E-state index contributed by atoms with van der Waals surface area (Å²) in [6, 6.07) is 5.30. The summed E-state index contributed by atoms with van der Waals surface area (Å²) < 4.78 is 11.1. The number of rotatable bonds is 2. The minimum atomic E-state index is -0.175. The highest BCUT2D eigenvalue weighted by Crippen LogP contribution is 2.35. The largest absolute Gasteiger partial charge is 0.486 e. The van der Waals surface area contributed by atoms with Crippen LogP contribution in [-0.4, -0.2) is 55.7 Å². The van der Waals surface area contributed by atoms with Crippen molar-refractivity contribution >= 4 is 17.6 Å². The number of benzene rings is 1. The van der Waals surface area contributed by atoms with Crippen molar-refractivity contribution in [3.8, 4) is 11.5 Å². The lowest BCUT2D eigenvalue weighted by molar-refractivity contribution is -0.117. The van der Waals surface area contributed by atoms with Gasteiger partial charge in [0, 0.05) is 37.8 Å². The molecule has 3 atom stereocenters. The highest BCUT2D eigenvalue weighted by molar-refractivity contribution is 5.97. The predicted octanol–water partition coefficient (Wildman–Crippen LogP) is 2.25. The first kappa shape index (κ1) is 17.9. The third kappa shape index (κ3) is 3.82. The number of ether oxygens (including phenoxy) is 2. The number of hydrogen-bond acceptors (Lipinski definition) is 4. The van der Waals surface area contributed by atoms with E-state index >= 15 is 0 Å². The zero-order valence-corrected chi connectivity index (χ0v) is 15.9. The first-order valence-corrected chi connectivity index (χ1v) is 9.75. The molecule has 2 saturated heterocycles. The highest BCUT2D eigenvalue weighted by Gasteiger charge is 2.34. The van der Waals surface area contributed by atoms with Gasteiger partial charge in [0.05, 0.1) is 6.04 Å². The van der Waals surface area contributed by atoms with E-state index < -0.39 is 0 Å². The molecule has 3 heterocycles. The molecule has 4 rings (SSSR count). The number of likely N-dealkylation sites (tertiary alicyclic amines) is 1. The van der Waals surface area contributed by atoms with Gasteiger partial charge in [-0.15, -0.1) is 0 Å². The second-order valence-corrected chi connectivity index (χ2v) is 8.03. The maximum atomic E-state index is 12.6. The van der Waals surface area contributed by atoms with E-state index in [0.717, 1.165) is 25.2 Å². The minimum absolute atomic E-state index is 0.0114. The maximum absolute atomic E-state index is 12.6. The van der Waals surface area contributed by atoms with Crippen LogP contribution in [0, 0.1) is 11.8 Å². The molecule has 0 saturated carbocycles. The van der Waals surface area contributed by atoms with Gasteiger partial charge < -0.3 is 24.6 Å². The zero-order chi connectivity index (χ0) is 19.0. The molecule has 27 heavy (non-hydrogen) atoms. The Morgan fingerprint density at radius 2 is 1.78 bits per heavy atom. The van der Waals surface area contributed by atoms with Crippen LogP contribution < -0.4 is 19.7 Å². The van der Waals surface area contributed by atoms with E-state index in [4.69, 9.17) is 9.47 Å². The molecule has 3 aliphatic heterocycles. The molecule has 2 fully saturated rings. The molecule has 0 aromatic heterocycles. The van der Waals surface area contributed by atoms with Gasteiger partial charge in [-0.3, -0.25) is 4.79 Å². The van der Waals surface area contributed by atoms with E-state index in [-0.39, 0.29) is 18.0 Å². The van der Waals surface area contributed by atoms with Crippen molar-refractivity contribution in [3.05, 3.63) is 18.2 Å². The summed E-state index contributed by atoms with van der Waals surface area (Å²) in [5.74, 6) is 2.40. The Kier molecular flexibility index (Phi) is 4.85. The van der Waals surface area contributed by atoms with Crippen molar-refractivity contribution in [3.63, 3.8) is 0 Å².